The van der Waals surface area contributed by atoms with E-state index in [1.807, 2.05) is 6.92 Å². The molecule has 2 aromatic heterocycles. The van der Waals surface area contributed by atoms with E-state index in [0.29, 0.717) is 29.2 Å². The molecular weight excluding hydrogens is 418 g/mol. The van der Waals surface area contributed by atoms with Crippen molar-refractivity contribution in [1.29, 1.82) is 0 Å². The molecule has 0 unspecified atom stereocenters. The van der Waals surface area contributed by atoms with Crippen LogP contribution < -0.4 is 5.32 Å². The third kappa shape index (κ3) is 5.80. The molecule has 1 amide bonds. The number of anilines is 1. The van der Waals surface area contributed by atoms with Gasteiger partial charge in [0.2, 0.25) is 5.91 Å². The Kier molecular flexibility index (Phi) is 8.21. The van der Waals surface area contributed by atoms with Gasteiger partial charge in [-0.2, -0.15) is 5.10 Å². The van der Waals surface area contributed by atoms with Crippen molar-refractivity contribution in [3.8, 4) is 0 Å². The van der Waals surface area contributed by atoms with Gasteiger partial charge in [0.15, 0.2) is 0 Å². The zero-order valence-corrected chi connectivity index (χ0v) is 18.4. The molecule has 0 saturated carbocycles. The van der Waals surface area contributed by atoms with Crippen molar-refractivity contribution in [2.45, 2.75) is 47.1 Å². The number of amides is 1. The van der Waals surface area contributed by atoms with Gasteiger partial charge in [-0.15, -0.1) is 11.3 Å². The van der Waals surface area contributed by atoms with E-state index in [0.717, 1.165) is 11.3 Å². The van der Waals surface area contributed by atoms with Crippen LogP contribution in [-0.4, -0.2) is 40.8 Å². The number of hydrogen-bond acceptors (Lipinski definition) is 7. The van der Waals surface area contributed by atoms with Gasteiger partial charge in [0.05, 0.1) is 29.5 Å². The smallest absolute Gasteiger partial charge is 0.348 e. The maximum absolute atomic E-state index is 12.5. The lowest BCUT2D eigenvalue weighted by Crippen LogP contribution is -2.17. The molecule has 8 nitrogen and oxygen atoms in total. The summed E-state index contributed by atoms with van der Waals surface area (Å²) >= 11 is 6.97. The van der Waals surface area contributed by atoms with Crippen LogP contribution in [0.2, 0.25) is 5.02 Å². The number of halogens is 1. The Morgan fingerprint density at radius 2 is 1.93 bits per heavy atom. The summed E-state index contributed by atoms with van der Waals surface area (Å²) in [4.78, 5) is 37.4. The number of aromatic nitrogens is 2. The van der Waals surface area contributed by atoms with Crippen molar-refractivity contribution in [3.63, 3.8) is 0 Å². The number of rotatable bonds is 9. The van der Waals surface area contributed by atoms with Crippen LogP contribution in [0.4, 0.5) is 5.00 Å². The van der Waals surface area contributed by atoms with Crippen molar-refractivity contribution in [3.05, 3.63) is 32.9 Å². The van der Waals surface area contributed by atoms with Crippen LogP contribution in [0.15, 0.2) is 6.20 Å². The molecule has 2 aromatic rings. The molecule has 1 N–H and O–H groups in total. The number of ether oxygens (including phenoxy) is 2. The predicted octanol–water partition coefficient (Wildman–Crippen LogP) is 3.99. The van der Waals surface area contributed by atoms with Crippen molar-refractivity contribution in [2.75, 3.05) is 18.5 Å². The van der Waals surface area contributed by atoms with Crippen LogP contribution in [0.5, 0.6) is 0 Å². The zero-order valence-electron chi connectivity index (χ0n) is 16.8. The first kappa shape index (κ1) is 22.9. The molecule has 2 heterocycles. The fraction of sp³-hybridized carbons (Fsp3) is 0.474. The summed E-state index contributed by atoms with van der Waals surface area (Å²) in [5.41, 5.74) is 1.29. The highest BCUT2D eigenvalue weighted by molar-refractivity contribution is 7.18. The van der Waals surface area contributed by atoms with Crippen LogP contribution in [-0.2, 0) is 20.8 Å². The minimum Gasteiger partial charge on any atom is -0.462 e. The lowest BCUT2D eigenvalue weighted by molar-refractivity contribution is -0.116. The number of hydrogen-bond donors (Lipinski definition) is 1. The molecule has 0 fully saturated rings. The second-order valence-electron chi connectivity index (χ2n) is 6.24. The summed E-state index contributed by atoms with van der Waals surface area (Å²) in [7, 11) is 0. The minimum atomic E-state index is -0.582. The topological polar surface area (TPSA) is 99.5 Å². The highest BCUT2D eigenvalue weighted by atomic mass is 35.5. The molecule has 0 bridgehead atoms. The quantitative estimate of drug-likeness (QED) is 0.590. The summed E-state index contributed by atoms with van der Waals surface area (Å²) in [6.45, 7) is 7.76. The standard InChI is InChI=1S/C19H24ClN3O5S/c1-5-9-28-18(25)15-11(3)16(19(26)27-6-2)29-17(15)21-14(24)7-8-23-10-13(20)12(4)22-23/h10H,5-9H2,1-4H3,(H,21,24). The highest BCUT2D eigenvalue weighted by Crippen LogP contribution is 2.34. The van der Waals surface area contributed by atoms with E-state index in [1.165, 1.54) is 0 Å². The Bertz CT molecular complexity index is 887. The molecule has 0 aliphatic carbocycles. The molecule has 10 heteroatoms. The maximum atomic E-state index is 12.5. The molecular formula is C19H24ClN3O5S. The van der Waals surface area contributed by atoms with E-state index >= 15 is 0 Å². The lowest BCUT2D eigenvalue weighted by Gasteiger charge is -2.08. The molecule has 0 aliphatic heterocycles. The molecule has 0 radical (unpaired) electrons. The van der Waals surface area contributed by atoms with Crippen LogP contribution in [0.1, 0.15) is 58.0 Å². The number of nitrogens with one attached hydrogen (secondary N) is 1. The second kappa shape index (κ2) is 10.4. The number of nitrogens with zero attached hydrogens (tertiary/aromatic N) is 2. The molecule has 29 heavy (non-hydrogen) atoms. The summed E-state index contributed by atoms with van der Waals surface area (Å²) in [5.74, 6) is -1.45. The number of carbonyl (C=O) groups is 3. The van der Waals surface area contributed by atoms with E-state index < -0.39 is 11.9 Å². The van der Waals surface area contributed by atoms with E-state index in [-0.39, 0.29) is 41.0 Å². The normalized spacial score (nSPS) is 10.7. The summed E-state index contributed by atoms with van der Waals surface area (Å²) < 4.78 is 11.8. The Labute approximate surface area is 178 Å². The van der Waals surface area contributed by atoms with Crippen molar-refractivity contribution in [2.24, 2.45) is 0 Å². The number of aryl methyl sites for hydroxylation is 2. The van der Waals surface area contributed by atoms with Crippen molar-refractivity contribution < 1.29 is 23.9 Å². The van der Waals surface area contributed by atoms with E-state index in [1.54, 1.807) is 31.6 Å². The Balaban J connectivity index is 2.19. The maximum Gasteiger partial charge on any atom is 0.348 e. The first-order valence-electron chi connectivity index (χ1n) is 9.25. The predicted molar refractivity (Wildman–Crippen MR) is 111 cm³/mol. The summed E-state index contributed by atoms with van der Waals surface area (Å²) in [5, 5.41) is 7.71. The van der Waals surface area contributed by atoms with Gasteiger partial charge in [-0.3, -0.25) is 9.48 Å². The van der Waals surface area contributed by atoms with Crippen molar-refractivity contribution in [1.82, 2.24) is 9.78 Å². The Morgan fingerprint density at radius 3 is 2.52 bits per heavy atom. The minimum absolute atomic E-state index is 0.118. The molecule has 0 saturated heterocycles. The molecule has 0 atom stereocenters. The number of carbonyl (C=O) groups excluding carboxylic acids is 3. The average Bonchev–Trinajstić information content (AvgIpc) is 3.17. The van der Waals surface area contributed by atoms with E-state index in [9.17, 15) is 14.4 Å². The molecule has 158 valence electrons. The Morgan fingerprint density at radius 1 is 1.21 bits per heavy atom. The summed E-state index contributed by atoms with van der Waals surface area (Å²) in [6.07, 6.45) is 2.42. The van der Waals surface area contributed by atoms with Gasteiger partial charge < -0.3 is 14.8 Å². The van der Waals surface area contributed by atoms with Crippen LogP contribution in [0.25, 0.3) is 0 Å². The first-order valence-corrected chi connectivity index (χ1v) is 10.4. The van der Waals surface area contributed by atoms with E-state index in [2.05, 4.69) is 10.4 Å². The fourth-order valence-electron chi connectivity index (χ4n) is 2.52. The third-order valence-corrected chi connectivity index (χ3v) is 5.51. The van der Waals surface area contributed by atoms with Gasteiger partial charge in [-0.1, -0.05) is 18.5 Å². The number of thiophene rings is 1. The van der Waals surface area contributed by atoms with Gasteiger partial charge in [-0.05, 0) is 32.8 Å². The van der Waals surface area contributed by atoms with Gasteiger partial charge in [0, 0.05) is 19.2 Å². The number of esters is 2. The SMILES string of the molecule is CCCOC(=O)c1c(NC(=O)CCn2cc(Cl)c(C)n2)sc(C(=O)OCC)c1C. The van der Waals surface area contributed by atoms with Gasteiger partial charge >= 0.3 is 11.9 Å². The zero-order chi connectivity index (χ0) is 21.6. The average molecular weight is 442 g/mol. The second-order valence-corrected chi connectivity index (χ2v) is 7.67. The largest absolute Gasteiger partial charge is 0.462 e. The fourth-order valence-corrected chi connectivity index (χ4v) is 3.77. The van der Waals surface area contributed by atoms with E-state index in [4.69, 9.17) is 21.1 Å². The molecule has 0 aromatic carbocycles. The molecule has 2 rings (SSSR count). The monoisotopic (exact) mass is 441 g/mol. The lowest BCUT2D eigenvalue weighted by atomic mass is 10.1. The highest BCUT2D eigenvalue weighted by Gasteiger charge is 2.27. The Hall–Kier alpha value is -2.39. The van der Waals surface area contributed by atoms with Gasteiger partial charge in [0.1, 0.15) is 9.88 Å². The van der Waals surface area contributed by atoms with Gasteiger partial charge in [0.25, 0.3) is 0 Å². The van der Waals surface area contributed by atoms with Crippen LogP contribution >= 0.6 is 22.9 Å². The molecule has 0 spiro atoms. The summed E-state index contributed by atoms with van der Waals surface area (Å²) in [6, 6.07) is 0. The third-order valence-electron chi connectivity index (χ3n) is 3.96. The van der Waals surface area contributed by atoms with Crippen molar-refractivity contribution >= 4 is 45.8 Å². The van der Waals surface area contributed by atoms with Crippen LogP contribution in [0.3, 0.4) is 0 Å². The van der Waals surface area contributed by atoms with Crippen LogP contribution in [0, 0.1) is 13.8 Å². The molecule has 0 aliphatic rings. The van der Waals surface area contributed by atoms with Gasteiger partial charge in [-0.25, -0.2) is 9.59 Å². The first-order chi connectivity index (χ1) is 13.8.